The summed E-state index contributed by atoms with van der Waals surface area (Å²) >= 11 is 7.43. The fourth-order valence-corrected chi connectivity index (χ4v) is 8.60. The molecule has 0 spiro atoms. The van der Waals surface area contributed by atoms with Gasteiger partial charge in [0.05, 0.1) is 6.10 Å². The largest absolute Gasteiger partial charge is 0.481 e. The van der Waals surface area contributed by atoms with E-state index in [9.17, 15) is 18.3 Å². The van der Waals surface area contributed by atoms with E-state index in [-0.39, 0.29) is 29.3 Å². The zero-order valence-corrected chi connectivity index (χ0v) is 25.5. The van der Waals surface area contributed by atoms with E-state index >= 15 is 0 Å². The third kappa shape index (κ3) is 7.72. The number of carboxylic acids is 1. The van der Waals surface area contributed by atoms with Crippen LogP contribution in [0.5, 0.6) is 0 Å². The van der Waals surface area contributed by atoms with Crippen molar-refractivity contribution < 1.29 is 23.4 Å². The Labute approximate surface area is 245 Å². The van der Waals surface area contributed by atoms with Crippen LogP contribution in [0.15, 0.2) is 58.8 Å². The lowest BCUT2D eigenvalue weighted by Crippen LogP contribution is -2.47. The van der Waals surface area contributed by atoms with Gasteiger partial charge in [0, 0.05) is 37.7 Å². The van der Waals surface area contributed by atoms with Crippen LogP contribution in [0.4, 0.5) is 0 Å². The van der Waals surface area contributed by atoms with E-state index < -0.39 is 22.1 Å². The molecule has 1 atom stereocenters. The number of halogens is 1. The SMILES string of the molecule is CN(CC(O)CNC(C)(C)CC1Cc2ccccc2C1)S(=O)(=O)c1cc(-c2cccc(CCC(=O)O)c2)c(Cl)s1. The topological polar surface area (TPSA) is 107 Å². The number of aliphatic hydroxyl groups excluding tert-OH is 1. The molecule has 1 aliphatic carbocycles. The molecule has 0 amide bonds. The van der Waals surface area contributed by atoms with Crippen molar-refractivity contribution in [3.05, 3.63) is 75.6 Å². The molecule has 4 rings (SSSR count). The zero-order valence-electron chi connectivity index (χ0n) is 23.1. The molecule has 216 valence electrons. The molecule has 3 aromatic rings. The van der Waals surface area contributed by atoms with Gasteiger partial charge in [-0.25, -0.2) is 8.42 Å². The van der Waals surface area contributed by atoms with Gasteiger partial charge in [0.1, 0.15) is 8.55 Å². The first-order valence-electron chi connectivity index (χ1n) is 13.4. The number of nitrogens with one attached hydrogen (secondary N) is 1. The van der Waals surface area contributed by atoms with Crippen molar-refractivity contribution in [2.75, 3.05) is 20.1 Å². The Bertz CT molecular complexity index is 1430. The lowest BCUT2D eigenvalue weighted by atomic mass is 9.88. The van der Waals surface area contributed by atoms with Gasteiger partial charge in [-0.1, -0.05) is 60.1 Å². The van der Waals surface area contributed by atoms with Crippen molar-refractivity contribution in [1.29, 1.82) is 0 Å². The van der Waals surface area contributed by atoms with Crippen LogP contribution in [0, 0.1) is 5.92 Å². The van der Waals surface area contributed by atoms with Gasteiger partial charge in [-0.3, -0.25) is 4.79 Å². The summed E-state index contributed by atoms with van der Waals surface area (Å²) in [6.45, 7) is 4.45. The summed E-state index contributed by atoms with van der Waals surface area (Å²) in [4.78, 5) is 10.9. The normalized spacial score (nSPS) is 14.9. The number of carbonyl (C=O) groups is 1. The Kier molecular flexibility index (Phi) is 9.75. The van der Waals surface area contributed by atoms with Gasteiger partial charge >= 0.3 is 5.97 Å². The van der Waals surface area contributed by atoms with E-state index in [2.05, 4.69) is 43.4 Å². The minimum absolute atomic E-state index is 0.00839. The Morgan fingerprint density at radius 1 is 1.15 bits per heavy atom. The first-order chi connectivity index (χ1) is 18.8. The van der Waals surface area contributed by atoms with Crippen molar-refractivity contribution in [3.8, 4) is 11.1 Å². The number of thiophene rings is 1. The number of aryl methyl sites for hydroxylation is 1. The summed E-state index contributed by atoms with van der Waals surface area (Å²) in [5.74, 6) is -0.341. The van der Waals surface area contributed by atoms with E-state index in [4.69, 9.17) is 16.7 Å². The minimum atomic E-state index is -3.88. The van der Waals surface area contributed by atoms with Crippen molar-refractivity contribution >= 4 is 38.9 Å². The number of aliphatic hydroxyl groups is 1. The Balaban J connectivity index is 1.34. The molecule has 1 unspecified atom stereocenters. The second kappa shape index (κ2) is 12.7. The van der Waals surface area contributed by atoms with Gasteiger partial charge < -0.3 is 15.5 Å². The molecule has 0 aliphatic heterocycles. The van der Waals surface area contributed by atoms with Crippen molar-refractivity contribution in [2.24, 2.45) is 5.92 Å². The predicted molar refractivity (Wildman–Crippen MR) is 161 cm³/mol. The summed E-state index contributed by atoms with van der Waals surface area (Å²) in [5.41, 5.74) is 4.76. The second-order valence-electron chi connectivity index (χ2n) is 11.3. The minimum Gasteiger partial charge on any atom is -0.481 e. The quantitative estimate of drug-likeness (QED) is 0.246. The van der Waals surface area contributed by atoms with Crippen LogP contribution >= 0.6 is 22.9 Å². The Morgan fingerprint density at radius 3 is 2.48 bits per heavy atom. The Hall–Kier alpha value is -2.27. The van der Waals surface area contributed by atoms with E-state index in [0.29, 0.717) is 22.2 Å². The molecule has 1 heterocycles. The molecule has 0 radical (unpaired) electrons. The van der Waals surface area contributed by atoms with Gasteiger partial charge in [0.25, 0.3) is 10.0 Å². The molecule has 0 saturated carbocycles. The third-order valence-corrected chi connectivity index (χ3v) is 11.0. The van der Waals surface area contributed by atoms with Gasteiger partial charge in [-0.15, -0.1) is 11.3 Å². The fraction of sp³-hybridized carbons (Fsp3) is 0.433. The number of hydrogen-bond donors (Lipinski definition) is 3. The number of sulfonamides is 1. The number of likely N-dealkylation sites (N-methyl/N-ethyl adjacent to an activating group) is 1. The van der Waals surface area contributed by atoms with Crippen LogP contribution in [0.25, 0.3) is 11.1 Å². The predicted octanol–water partition coefficient (Wildman–Crippen LogP) is 5.24. The number of aliphatic carboxylic acids is 1. The molecular formula is C30H37ClN2O5S2. The van der Waals surface area contributed by atoms with E-state index in [1.807, 2.05) is 18.2 Å². The molecule has 10 heteroatoms. The molecular weight excluding hydrogens is 568 g/mol. The molecule has 3 N–H and O–H groups in total. The standard InChI is InChI=1S/C30H37ClN2O5S2/c1-30(2,17-21-14-22-8-4-5-9-23(22)15-21)32-18-25(34)19-33(3)40(37,38)28-16-26(29(31)39-28)24-10-6-7-20(13-24)11-12-27(35)36/h4-10,13,16,21,25,32,34H,11-12,14-15,17-19H2,1-3H3,(H,35,36). The summed E-state index contributed by atoms with van der Waals surface area (Å²) in [6, 6.07) is 17.4. The summed E-state index contributed by atoms with van der Waals surface area (Å²) in [6.07, 6.45) is 2.56. The first-order valence-corrected chi connectivity index (χ1v) is 16.0. The number of carboxylic acid groups (broad SMARTS) is 1. The van der Waals surface area contributed by atoms with Crippen molar-refractivity contribution in [1.82, 2.24) is 9.62 Å². The number of fused-ring (bicyclic) bond motifs is 1. The highest BCUT2D eigenvalue weighted by atomic mass is 35.5. The maximum Gasteiger partial charge on any atom is 0.303 e. The van der Waals surface area contributed by atoms with Crippen LogP contribution in [-0.4, -0.2) is 60.7 Å². The Morgan fingerprint density at radius 2 is 1.82 bits per heavy atom. The van der Waals surface area contributed by atoms with Crippen molar-refractivity contribution in [3.63, 3.8) is 0 Å². The maximum atomic E-state index is 13.3. The molecule has 0 fully saturated rings. The molecule has 2 aromatic carbocycles. The zero-order chi connectivity index (χ0) is 29.1. The van der Waals surface area contributed by atoms with Gasteiger partial charge in [0.2, 0.25) is 0 Å². The highest BCUT2D eigenvalue weighted by Gasteiger charge is 2.30. The number of nitrogens with zero attached hydrogens (tertiary/aromatic N) is 1. The first kappa shape index (κ1) is 30.7. The van der Waals surface area contributed by atoms with Gasteiger partial charge in [0.15, 0.2) is 0 Å². The van der Waals surface area contributed by atoms with E-state index in [1.165, 1.54) is 18.2 Å². The number of hydrogen-bond acceptors (Lipinski definition) is 6. The lowest BCUT2D eigenvalue weighted by molar-refractivity contribution is -0.136. The molecule has 1 aliphatic rings. The fourth-order valence-electron chi connectivity index (χ4n) is 5.41. The van der Waals surface area contributed by atoms with Crippen LogP contribution < -0.4 is 5.32 Å². The highest BCUT2D eigenvalue weighted by molar-refractivity contribution is 7.91. The molecule has 1 aromatic heterocycles. The van der Waals surface area contributed by atoms with Crippen LogP contribution in [0.3, 0.4) is 0 Å². The van der Waals surface area contributed by atoms with E-state index in [1.54, 1.807) is 12.1 Å². The summed E-state index contributed by atoms with van der Waals surface area (Å²) in [5, 5.41) is 23.1. The van der Waals surface area contributed by atoms with Crippen LogP contribution in [0.2, 0.25) is 4.34 Å². The number of β-amino-alcohol motifs (C(OH)–C–C–N with tert-alkyl or cyclic N) is 1. The van der Waals surface area contributed by atoms with Gasteiger partial charge in [-0.05, 0) is 73.8 Å². The monoisotopic (exact) mass is 604 g/mol. The molecule has 7 nitrogen and oxygen atoms in total. The molecule has 0 bridgehead atoms. The van der Waals surface area contributed by atoms with Gasteiger partial charge in [-0.2, -0.15) is 4.31 Å². The maximum absolute atomic E-state index is 13.3. The average molecular weight is 605 g/mol. The molecule has 40 heavy (non-hydrogen) atoms. The highest BCUT2D eigenvalue weighted by Crippen LogP contribution is 2.39. The van der Waals surface area contributed by atoms with Crippen LogP contribution in [-0.2, 0) is 34.1 Å². The third-order valence-electron chi connectivity index (χ3n) is 7.41. The van der Waals surface area contributed by atoms with E-state index in [0.717, 1.165) is 46.0 Å². The molecule has 0 saturated heterocycles. The summed E-state index contributed by atoms with van der Waals surface area (Å²) < 4.78 is 28.2. The lowest BCUT2D eigenvalue weighted by Gasteiger charge is -2.31. The number of rotatable bonds is 13. The smallest absolute Gasteiger partial charge is 0.303 e. The average Bonchev–Trinajstić information content (AvgIpc) is 3.49. The second-order valence-corrected chi connectivity index (χ2v) is 15.2. The summed E-state index contributed by atoms with van der Waals surface area (Å²) in [7, 11) is -2.42. The van der Waals surface area contributed by atoms with Crippen LogP contribution in [0.1, 0.15) is 43.4 Å². The van der Waals surface area contributed by atoms with Crippen molar-refractivity contribution in [2.45, 2.75) is 61.8 Å². The number of benzene rings is 2.